The highest BCUT2D eigenvalue weighted by molar-refractivity contribution is 5.89. The lowest BCUT2D eigenvalue weighted by Crippen LogP contribution is -2.17. The van der Waals surface area contributed by atoms with E-state index in [1.54, 1.807) is 6.07 Å². The Kier molecular flexibility index (Phi) is 3.56. The second kappa shape index (κ2) is 5.67. The first-order valence-corrected chi connectivity index (χ1v) is 6.76. The van der Waals surface area contributed by atoms with Crippen molar-refractivity contribution in [1.29, 1.82) is 0 Å². The fourth-order valence-corrected chi connectivity index (χ4v) is 2.19. The monoisotopic (exact) mass is 277 g/mol. The SMILES string of the molecule is Cc1ccccc1NC(=O)Oc1ccc2ccccc2c1. The maximum Gasteiger partial charge on any atom is 0.417 e. The van der Waals surface area contributed by atoms with Crippen molar-refractivity contribution in [3.8, 4) is 5.75 Å². The minimum Gasteiger partial charge on any atom is -0.410 e. The zero-order valence-electron chi connectivity index (χ0n) is 11.7. The number of aryl methyl sites for hydroxylation is 1. The summed E-state index contributed by atoms with van der Waals surface area (Å²) in [6, 6.07) is 21.1. The van der Waals surface area contributed by atoms with Crippen molar-refractivity contribution >= 4 is 22.6 Å². The minimum absolute atomic E-state index is 0.486. The summed E-state index contributed by atoms with van der Waals surface area (Å²) in [6.45, 7) is 1.94. The lowest BCUT2D eigenvalue weighted by atomic mass is 10.1. The Hall–Kier alpha value is -2.81. The molecule has 0 radical (unpaired) electrons. The summed E-state index contributed by atoms with van der Waals surface area (Å²) in [5.41, 5.74) is 1.75. The summed E-state index contributed by atoms with van der Waals surface area (Å²) in [5.74, 6) is 0.528. The molecule has 3 aromatic carbocycles. The van der Waals surface area contributed by atoms with E-state index in [0.29, 0.717) is 5.75 Å². The van der Waals surface area contributed by atoms with E-state index in [2.05, 4.69) is 5.32 Å². The molecule has 3 nitrogen and oxygen atoms in total. The van der Waals surface area contributed by atoms with Gasteiger partial charge < -0.3 is 4.74 Å². The molecule has 1 N–H and O–H groups in total. The normalized spacial score (nSPS) is 10.3. The van der Waals surface area contributed by atoms with E-state index in [4.69, 9.17) is 4.74 Å². The van der Waals surface area contributed by atoms with Crippen LogP contribution in [0.2, 0.25) is 0 Å². The first-order valence-electron chi connectivity index (χ1n) is 6.76. The number of anilines is 1. The molecular formula is C18H15NO2. The van der Waals surface area contributed by atoms with E-state index in [1.807, 2.05) is 67.6 Å². The average Bonchev–Trinajstić information content (AvgIpc) is 2.49. The summed E-state index contributed by atoms with van der Waals surface area (Å²) in [5, 5.41) is 4.90. The number of carbonyl (C=O) groups is 1. The molecule has 1 amide bonds. The maximum atomic E-state index is 11.9. The lowest BCUT2D eigenvalue weighted by Gasteiger charge is -2.09. The molecule has 0 aromatic heterocycles. The van der Waals surface area contributed by atoms with Crippen LogP contribution >= 0.6 is 0 Å². The van der Waals surface area contributed by atoms with Gasteiger partial charge in [-0.1, -0.05) is 48.5 Å². The molecule has 0 atom stereocenters. The Labute approximate surface area is 123 Å². The molecule has 0 saturated heterocycles. The third-order valence-electron chi connectivity index (χ3n) is 3.31. The Morgan fingerprint density at radius 3 is 2.43 bits per heavy atom. The first kappa shape index (κ1) is 13.2. The van der Waals surface area contributed by atoms with Crippen LogP contribution in [0.3, 0.4) is 0 Å². The lowest BCUT2D eigenvalue weighted by molar-refractivity contribution is 0.215. The van der Waals surface area contributed by atoms with Crippen molar-refractivity contribution in [3.63, 3.8) is 0 Å². The van der Waals surface area contributed by atoms with Crippen molar-refractivity contribution < 1.29 is 9.53 Å². The Morgan fingerprint density at radius 1 is 0.905 bits per heavy atom. The quantitative estimate of drug-likeness (QED) is 0.733. The van der Waals surface area contributed by atoms with Crippen LogP contribution in [0.4, 0.5) is 10.5 Å². The number of fused-ring (bicyclic) bond motifs is 1. The van der Waals surface area contributed by atoms with E-state index in [-0.39, 0.29) is 0 Å². The molecule has 3 heteroatoms. The summed E-state index contributed by atoms with van der Waals surface area (Å²) >= 11 is 0. The summed E-state index contributed by atoms with van der Waals surface area (Å²) in [6.07, 6.45) is -0.486. The standard InChI is InChI=1S/C18H15NO2/c1-13-6-2-5-9-17(13)19-18(20)21-16-11-10-14-7-3-4-8-15(14)12-16/h2-12H,1H3,(H,19,20). The molecule has 3 rings (SSSR count). The van der Waals surface area contributed by atoms with E-state index < -0.39 is 6.09 Å². The van der Waals surface area contributed by atoms with Crippen LogP contribution in [0, 0.1) is 6.92 Å². The number of para-hydroxylation sites is 1. The average molecular weight is 277 g/mol. The molecule has 0 aliphatic carbocycles. The van der Waals surface area contributed by atoms with Crippen LogP contribution in [-0.2, 0) is 0 Å². The van der Waals surface area contributed by atoms with E-state index in [1.165, 1.54) is 0 Å². The Bertz CT molecular complexity index is 796. The molecule has 3 aromatic rings. The van der Waals surface area contributed by atoms with Crippen LogP contribution in [0.25, 0.3) is 10.8 Å². The van der Waals surface area contributed by atoms with Gasteiger partial charge in [0.25, 0.3) is 0 Å². The van der Waals surface area contributed by atoms with Gasteiger partial charge in [-0.25, -0.2) is 4.79 Å². The molecule has 0 spiro atoms. The fourth-order valence-electron chi connectivity index (χ4n) is 2.19. The number of carbonyl (C=O) groups excluding carboxylic acids is 1. The molecule has 0 aliphatic rings. The van der Waals surface area contributed by atoms with Crippen molar-refractivity contribution in [2.24, 2.45) is 0 Å². The Morgan fingerprint density at radius 2 is 1.62 bits per heavy atom. The van der Waals surface area contributed by atoms with E-state index in [9.17, 15) is 4.79 Å². The van der Waals surface area contributed by atoms with Crippen LogP contribution in [0.1, 0.15) is 5.56 Å². The maximum absolute atomic E-state index is 11.9. The van der Waals surface area contributed by atoms with Gasteiger partial charge in [-0.15, -0.1) is 0 Å². The largest absolute Gasteiger partial charge is 0.417 e. The predicted octanol–water partition coefficient (Wildman–Crippen LogP) is 4.76. The summed E-state index contributed by atoms with van der Waals surface area (Å²) in [7, 11) is 0. The van der Waals surface area contributed by atoms with Crippen LogP contribution in [-0.4, -0.2) is 6.09 Å². The third kappa shape index (κ3) is 3.03. The third-order valence-corrected chi connectivity index (χ3v) is 3.31. The van der Waals surface area contributed by atoms with Gasteiger partial charge in [0.2, 0.25) is 0 Å². The number of ether oxygens (including phenoxy) is 1. The molecule has 0 unspecified atom stereocenters. The summed E-state index contributed by atoms with van der Waals surface area (Å²) < 4.78 is 5.33. The van der Waals surface area contributed by atoms with E-state index in [0.717, 1.165) is 22.0 Å². The minimum atomic E-state index is -0.486. The number of hydrogen-bond acceptors (Lipinski definition) is 2. The van der Waals surface area contributed by atoms with Gasteiger partial charge in [0.05, 0.1) is 0 Å². The second-order valence-electron chi connectivity index (χ2n) is 4.84. The summed E-state index contributed by atoms with van der Waals surface area (Å²) in [4.78, 5) is 11.9. The number of amides is 1. The highest BCUT2D eigenvalue weighted by Crippen LogP contribution is 2.21. The highest BCUT2D eigenvalue weighted by Gasteiger charge is 2.07. The van der Waals surface area contributed by atoms with Crippen molar-refractivity contribution in [2.75, 3.05) is 5.32 Å². The van der Waals surface area contributed by atoms with Gasteiger partial charge in [0.15, 0.2) is 0 Å². The molecule has 0 saturated carbocycles. The van der Waals surface area contributed by atoms with Crippen molar-refractivity contribution in [2.45, 2.75) is 6.92 Å². The van der Waals surface area contributed by atoms with E-state index >= 15 is 0 Å². The molecule has 104 valence electrons. The van der Waals surface area contributed by atoms with Crippen LogP contribution in [0.15, 0.2) is 66.7 Å². The number of hydrogen-bond donors (Lipinski definition) is 1. The van der Waals surface area contributed by atoms with Crippen LogP contribution < -0.4 is 10.1 Å². The van der Waals surface area contributed by atoms with Gasteiger partial charge >= 0.3 is 6.09 Å². The van der Waals surface area contributed by atoms with Gasteiger partial charge in [-0.2, -0.15) is 0 Å². The molecule has 21 heavy (non-hydrogen) atoms. The smallest absolute Gasteiger partial charge is 0.410 e. The first-order chi connectivity index (χ1) is 10.2. The number of nitrogens with one attached hydrogen (secondary N) is 1. The van der Waals surface area contributed by atoms with Crippen molar-refractivity contribution in [3.05, 3.63) is 72.3 Å². The second-order valence-corrected chi connectivity index (χ2v) is 4.84. The fraction of sp³-hybridized carbons (Fsp3) is 0.0556. The van der Waals surface area contributed by atoms with Gasteiger partial charge in [-0.3, -0.25) is 5.32 Å². The predicted molar refractivity (Wildman–Crippen MR) is 84.8 cm³/mol. The molecule has 0 heterocycles. The molecule has 0 bridgehead atoms. The van der Waals surface area contributed by atoms with Crippen LogP contribution in [0.5, 0.6) is 5.75 Å². The van der Waals surface area contributed by atoms with Crippen molar-refractivity contribution in [1.82, 2.24) is 0 Å². The van der Waals surface area contributed by atoms with Gasteiger partial charge in [0, 0.05) is 5.69 Å². The highest BCUT2D eigenvalue weighted by atomic mass is 16.6. The zero-order chi connectivity index (χ0) is 14.7. The Balaban J connectivity index is 1.75. The molecular weight excluding hydrogens is 262 g/mol. The molecule has 0 aliphatic heterocycles. The number of rotatable bonds is 2. The topological polar surface area (TPSA) is 38.3 Å². The zero-order valence-corrected chi connectivity index (χ0v) is 11.7. The molecule has 0 fully saturated rings. The van der Waals surface area contributed by atoms with Gasteiger partial charge in [0.1, 0.15) is 5.75 Å². The van der Waals surface area contributed by atoms with Gasteiger partial charge in [-0.05, 0) is 41.5 Å². The number of benzene rings is 3.